The second-order valence-corrected chi connectivity index (χ2v) is 7.04. The lowest BCUT2D eigenvalue weighted by Crippen LogP contribution is -2.30. The number of hydrogen-bond acceptors (Lipinski definition) is 0. The van der Waals surface area contributed by atoms with Crippen LogP contribution in [0.4, 0.5) is 0 Å². The zero-order valence-electron chi connectivity index (χ0n) is 15.5. The third kappa shape index (κ3) is 3.78. The number of unbranched alkanes of at least 4 members (excludes halogenated alkanes) is 1. The van der Waals surface area contributed by atoms with E-state index in [9.17, 15) is 0 Å². The number of hydrogen-bond donors (Lipinski definition) is 0. The summed E-state index contributed by atoms with van der Waals surface area (Å²) >= 11 is 6.52. The number of benzene rings is 1. The molecule has 2 heteroatoms. The van der Waals surface area contributed by atoms with E-state index in [0.717, 1.165) is 22.5 Å². The van der Waals surface area contributed by atoms with Crippen molar-refractivity contribution in [2.75, 3.05) is 0 Å². The monoisotopic (exact) mass is 343 g/mol. The molecule has 1 nitrogen and oxygen atoms in total. The van der Waals surface area contributed by atoms with Crippen molar-refractivity contribution >= 4 is 24.3 Å². The zero-order valence-corrected chi connectivity index (χ0v) is 16.3. The highest BCUT2D eigenvalue weighted by Crippen LogP contribution is 2.29. The Morgan fingerprint density at radius 1 is 1.25 bits per heavy atom. The molecular weight excluding hydrogens is 314 g/mol. The van der Waals surface area contributed by atoms with Crippen LogP contribution >= 0.6 is 11.6 Å². The first kappa shape index (κ1) is 18.9. The molecule has 0 saturated carbocycles. The zero-order chi connectivity index (χ0) is 17.7. The van der Waals surface area contributed by atoms with Gasteiger partial charge in [0.05, 0.1) is 5.69 Å². The van der Waals surface area contributed by atoms with Gasteiger partial charge in [-0.05, 0) is 43.0 Å². The topological polar surface area (TPSA) is 4.93 Å². The summed E-state index contributed by atoms with van der Waals surface area (Å²) in [6.07, 6.45) is 7.19. The largest absolute Gasteiger partial charge is 0.340 e. The maximum absolute atomic E-state index is 6.52. The molecule has 0 aliphatic heterocycles. The van der Waals surface area contributed by atoms with Crippen LogP contribution in [-0.4, -0.2) is 4.57 Å². The van der Waals surface area contributed by atoms with Gasteiger partial charge in [0, 0.05) is 22.5 Å². The predicted octanol–water partition coefficient (Wildman–Crippen LogP) is 5.54. The van der Waals surface area contributed by atoms with Crippen molar-refractivity contribution in [2.24, 2.45) is 5.92 Å². The van der Waals surface area contributed by atoms with Crippen LogP contribution < -0.4 is 10.6 Å². The van der Waals surface area contributed by atoms with Gasteiger partial charge in [-0.2, -0.15) is 0 Å². The Bertz CT molecular complexity index is 785. The highest BCUT2D eigenvalue weighted by Gasteiger charge is 2.17. The van der Waals surface area contributed by atoms with E-state index in [1.54, 1.807) is 0 Å². The van der Waals surface area contributed by atoms with Gasteiger partial charge in [0.25, 0.3) is 0 Å². The standard InChI is InChI=1S/C22H30ClN/c1-6-9-12-18(7-2)15-24-17(5)19(8-3)16(4)22(24)20-13-10-11-14-21(20)23/h8,10-11,13-14,18H,5-7,9,12,15H2,1-4H3/b19-8-/t18-/m0/s1. The van der Waals surface area contributed by atoms with Crippen molar-refractivity contribution in [3.63, 3.8) is 0 Å². The normalized spacial score (nSPS) is 13.5. The first-order chi connectivity index (χ1) is 11.5. The predicted molar refractivity (Wildman–Crippen MR) is 108 cm³/mol. The average Bonchev–Trinajstić information content (AvgIpc) is 2.81. The highest BCUT2D eigenvalue weighted by molar-refractivity contribution is 6.33. The van der Waals surface area contributed by atoms with Gasteiger partial charge in [-0.15, -0.1) is 0 Å². The molecule has 0 fully saturated rings. The summed E-state index contributed by atoms with van der Waals surface area (Å²) < 4.78 is 2.40. The van der Waals surface area contributed by atoms with Crippen LogP contribution in [0.25, 0.3) is 23.9 Å². The molecule has 0 amide bonds. The fraction of sp³-hybridized carbons (Fsp3) is 0.455. The minimum atomic E-state index is 0.684. The molecule has 2 rings (SSSR count). The van der Waals surface area contributed by atoms with Gasteiger partial charge in [-0.1, -0.05) is 75.6 Å². The second kappa shape index (κ2) is 8.58. The van der Waals surface area contributed by atoms with Gasteiger partial charge >= 0.3 is 0 Å². The third-order valence-electron chi connectivity index (χ3n) is 5.07. The molecule has 1 aromatic carbocycles. The molecule has 1 atom stereocenters. The Morgan fingerprint density at radius 2 is 1.96 bits per heavy atom. The van der Waals surface area contributed by atoms with E-state index >= 15 is 0 Å². The van der Waals surface area contributed by atoms with Crippen molar-refractivity contribution in [3.8, 4) is 11.3 Å². The van der Waals surface area contributed by atoms with Crippen molar-refractivity contribution in [1.29, 1.82) is 0 Å². The first-order valence-electron chi connectivity index (χ1n) is 9.14. The molecule has 1 aromatic heterocycles. The number of nitrogens with zero attached hydrogens (tertiary/aromatic N) is 1. The van der Waals surface area contributed by atoms with E-state index in [1.807, 2.05) is 12.1 Å². The second-order valence-electron chi connectivity index (χ2n) is 6.63. The number of aromatic nitrogens is 1. The Balaban J connectivity index is 2.59. The Hall–Kier alpha value is -1.47. The summed E-state index contributed by atoms with van der Waals surface area (Å²) in [6.45, 7) is 14.2. The van der Waals surface area contributed by atoms with Gasteiger partial charge in [0.1, 0.15) is 0 Å². The molecule has 0 N–H and O–H groups in total. The van der Waals surface area contributed by atoms with Gasteiger partial charge in [0.2, 0.25) is 0 Å². The molecule has 0 saturated heterocycles. The van der Waals surface area contributed by atoms with Crippen LogP contribution in [0, 0.1) is 12.8 Å². The SMILES string of the molecule is C=c1/c(=C\C)c(C)c(-c2ccccc2Cl)n1C[C@@H](CC)CCCC. The van der Waals surface area contributed by atoms with Gasteiger partial charge in [-0.3, -0.25) is 0 Å². The molecule has 1 heterocycles. The van der Waals surface area contributed by atoms with E-state index in [-0.39, 0.29) is 0 Å². The minimum absolute atomic E-state index is 0.684. The molecule has 0 radical (unpaired) electrons. The van der Waals surface area contributed by atoms with Crippen molar-refractivity contribution < 1.29 is 0 Å². The Labute approximate surface area is 151 Å². The fourth-order valence-corrected chi connectivity index (χ4v) is 3.81. The lowest BCUT2D eigenvalue weighted by atomic mass is 9.99. The fourth-order valence-electron chi connectivity index (χ4n) is 3.59. The van der Waals surface area contributed by atoms with Crippen molar-refractivity contribution in [1.82, 2.24) is 4.57 Å². The van der Waals surface area contributed by atoms with Crippen LogP contribution in [-0.2, 0) is 6.54 Å². The van der Waals surface area contributed by atoms with Gasteiger partial charge in [-0.25, -0.2) is 0 Å². The molecule has 24 heavy (non-hydrogen) atoms. The lowest BCUT2D eigenvalue weighted by molar-refractivity contribution is 0.389. The molecule has 0 aliphatic rings. The maximum atomic E-state index is 6.52. The smallest absolute Gasteiger partial charge is 0.0535 e. The summed E-state index contributed by atoms with van der Waals surface area (Å²) in [5, 5.41) is 3.17. The van der Waals surface area contributed by atoms with Crippen LogP contribution in [0.3, 0.4) is 0 Å². The van der Waals surface area contributed by atoms with E-state index in [2.05, 4.69) is 57.0 Å². The summed E-state index contributed by atoms with van der Waals surface area (Å²) in [7, 11) is 0. The van der Waals surface area contributed by atoms with Crippen LogP contribution in [0.1, 0.15) is 52.0 Å². The number of rotatable bonds is 7. The summed E-state index contributed by atoms with van der Waals surface area (Å²) in [6, 6.07) is 8.14. The van der Waals surface area contributed by atoms with Gasteiger partial charge in [0.15, 0.2) is 0 Å². The molecule has 0 bridgehead atoms. The maximum Gasteiger partial charge on any atom is 0.0535 e. The summed E-state index contributed by atoms with van der Waals surface area (Å²) in [5.41, 5.74) is 3.62. The first-order valence-corrected chi connectivity index (χ1v) is 9.52. The Kier molecular flexibility index (Phi) is 6.74. The van der Waals surface area contributed by atoms with E-state index in [4.69, 9.17) is 11.6 Å². The van der Waals surface area contributed by atoms with E-state index < -0.39 is 0 Å². The molecular formula is C22H30ClN. The Morgan fingerprint density at radius 3 is 2.54 bits per heavy atom. The average molecular weight is 344 g/mol. The highest BCUT2D eigenvalue weighted by atomic mass is 35.5. The molecule has 2 aromatic rings. The number of halogens is 1. The van der Waals surface area contributed by atoms with Crippen LogP contribution in [0.5, 0.6) is 0 Å². The van der Waals surface area contributed by atoms with Crippen LogP contribution in [0.2, 0.25) is 5.02 Å². The van der Waals surface area contributed by atoms with Crippen molar-refractivity contribution in [3.05, 3.63) is 45.4 Å². The summed E-state index contributed by atoms with van der Waals surface area (Å²) in [5.74, 6) is 0.684. The molecule has 130 valence electrons. The minimum Gasteiger partial charge on any atom is -0.340 e. The van der Waals surface area contributed by atoms with E-state index in [0.29, 0.717) is 5.92 Å². The van der Waals surface area contributed by atoms with Gasteiger partial charge < -0.3 is 4.57 Å². The summed E-state index contributed by atoms with van der Waals surface area (Å²) in [4.78, 5) is 0. The molecule has 0 aliphatic carbocycles. The third-order valence-corrected chi connectivity index (χ3v) is 5.40. The van der Waals surface area contributed by atoms with E-state index in [1.165, 1.54) is 42.2 Å². The molecule has 0 spiro atoms. The van der Waals surface area contributed by atoms with Crippen LogP contribution in [0.15, 0.2) is 24.3 Å². The lowest BCUT2D eigenvalue weighted by Gasteiger charge is -2.19. The quantitative estimate of drug-likeness (QED) is 0.621. The van der Waals surface area contributed by atoms with Crippen molar-refractivity contribution in [2.45, 2.75) is 59.9 Å². The molecule has 0 unspecified atom stereocenters.